The fourth-order valence-corrected chi connectivity index (χ4v) is 11.1. The summed E-state index contributed by atoms with van der Waals surface area (Å²) in [6, 6.07) is 87.4. The smallest absolute Gasteiger partial charge is 0.252 e. The van der Waals surface area contributed by atoms with E-state index >= 15 is 0 Å². The number of benzene rings is 10. The summed E-state index contributed by atoms with van der Waals surface area (Å²) in [5.41, 5.74) is 23.7. The van der Waals surface area contributed by atoms with Crippen molar-refractivity contribution in [3.8, 4) is 55.6 Å². The van der Waals surface area contributed by atoms with E-state index in [1.54, 1.807) is 0 Å². The Hall–Kier alpha value is -7.66. The summed E-state index contributed by atoms with van der Waals surface area (Å²) in [6.07, 6.45) is 0. The molecule has 0 N–H and O–H groups in total. The van der Waals surface area contributed by atoms with Crippen molar-refractivity contribution in [3.63, 3.8) is 0 Å². The molecule has 0 spiro atoms. The zero-order valence-electron chi connectivity index (χ0n) is 38.4. The fraction of sp³-hybridized carbons (Fsp3) is 0.0625. The van der Waals surface area contributed by atoms with E-state index in [0.717, 1.165) is 15.8 Å². The van der Waals surface area contributed by atoms with Gasteiger partial charge >= 0.3 is 0 Å². The quantitative estimate of drug-likeness (QED) is 0.147. The molecule has 0 amide bonds. The Morgan fingerprint density at radius 2 is 0.706 bits per heavy atom. The van der Waals surface area contributed by atoms with E-state index in [9.17, 15) is 0 Å². The lowest BCUT2D eigenvalue weighted by Gasteiger charge is -2.46. The van der Waals surface area contributed by atoms with Crippen molar-refractivity contribution < 1.29 is 0 Å². The number of hydrogen-bond acceptors (Lipinski definition) is 2. The van der Waals surface area contributed by atoms with E-state index in [1.165, 1.54) is 100 Å². The van der Waals surface area contributed by atoms with Crippen LogP contribution in [0, 0.1) is 0 Å². The number of rotatable bonds is 7. The van der Waals surface area contributed by atoms with Crippen LogP contribution < -0.4 is 26.2 Å². The average molecular weight is 936 g/mol. The van der Waals surface area contributed by atoms with Gasteiger partial charge in [0.2, 0.25) is 0 Å². The number of nitrogens with zero attached hydrogens (tertiary/aromatic N) is 2. The minimum Gasteiger partial charge on any atom is -0.310 e. The van der Waals surface area contributed by atoms with Crippen LogP contribution in [0.3, 0.4) is 0 Å². The highest BCUT2D eigenvalue weighted by molar-refractivity contribution is 9.10. The Morgan fingerprint density at radius 3 is 1.10 bits per heavy atom. The van der Waals surface area contributed by atoms with Crippen molar-refractivity contribution in [1.82, 2.24) is 0 Å². The third-order valence-corrected chi connectivity index (χ3v) is 14.4. The van der Waals surface area contributed by atoms with Gasteiger partial charge in [0.15, 0.2) is 0 Å². The monoisotopic (exact) mass is 934 g/mol. The normalized spacial score (nSPS) is 12.6. The maximum atomic E-state index is 4.02. The van der Waals surface area contributed by atoms with Crippen LogP contribution in [0.25, 0.3) is 55.6 Å². The molecule has 324 valence electrons. The molecule has 2 nitrogen and oxygen atoms in total. The summed E-state index contributed by atoms with van der Waals surface area (Å²) < 4.78 is 1.05. The van der Waals surface area contributed by atoms with E-state index in [0.29, 0.717) is 0 Å². The maximum Gasteiger partial charge on any atom is 0.252 e. The first kappa shape index (κ1) is 41.8. The summed E-state index contributed by atoms with van der Waals surface area (Å²) in [7, 11) is 0. The maximum absolute atomic E-state index is 4.02. The Bertz CT molecular complexity index is 3360. The van der Waals surface area contributed by atoms with Gasteiger partial charge in [0, 0.05) is 49.5 Å². The summed E-state index contributed by atoms with van der Waals surface area (Å²) in [5, 5.41) is 0. The molecule has 0 aromatic heterocycles. The zero-order valence-corrected chi connectivity index (χ0v) is 40.0. The predicted molar refractivity (Wildman–Crippen MR) is 294 cm³/mol. The molecule has 10 aromatic rings. The topological polar surface area (TPSA) is 6.48 Å². The summed E-state index contributed by atoms with van der Waals surface area (Å²) in [5.74, 6) is 0. The van der Waals surface area contributed by atoms with E-state index < -0.39 is 0 Å². The molecule has 0 aliphatic carbocycles. The van der Waals surface area contributed by atoms with E-state index in [-0.39, 0.29) is 12.1 Å². The zero-order chi connectivity index (χ0) is 45.9. The number of halogens is 1. The predicted octanol–water partition coefficient (Wildman–Crippen LogP) is 16.2. The molecule has 68 heavy (non-hydrogen) atoms. The van der Waals surface area contributed by atoms with Gasteiger partial charge in [-0.25, -0.2) is 0 Å². The van der Waals surface area contributed by atoms with Crippen molar-refractivity contribution >= 4 is 73.2 Å². The van der Waals surface area contributed by atoms with Gasteiger partial charge in [-0.3, -0.25) is 0 Å². The van der Waals surface area contributed by atoms with Crippen molar-refractivity contribution in [2.45, 2.75) is 26.2 Å². The Kier molecular flexibility index (Phi) is 10.4. The second-order valence-electron chi connectivity index (χ2n) is 19.0. The SMILES string of the molecule is CC(C)(C)c1cc2c3c(c1)N(c1c(-c4ccccc4)cccc1-c1ccccc1)c1ccc(-c4ccccc4)cc1B3c1cc(Br)ccc1N2c1c(-c2ccccc2)cccc1-c1ccccc1. The van der Waals surface area contributed by atoms with Gasteiger partial charge < -0.3 is 9.80 Å². The number of anilines is 6. The van der Waals surface area contributed by atoms with Gasteiger partial charge in [0.25, 0.3) is 6.71 Å². The summed E-state index contributed by atoms with van der Waals surface area (Å²) in [6.45, 7) is 6.96. The molecule has 0 radical (unpaired) electrons. The van der Waals surface area contributed by atoms with Crippen molar-refractivity contribution in [3.05, 3.63) is 247 Å². The second kappa shape index (κ2) is 16.9. The van der Waals surface area contributed by atoms with Gasteiger partial charge in [-0.05, 0) is 91.1 Å². The molecule has 2 heterocycles. The minimum atomic E-state index is -0.196. The van der Waals surface area contributed by atoms with E-state index in [1.807, 2.05) is 0 Å². The van der Waals surface area contributed by atoms with Gasteiger partial charge in [-0.1, -0.05) is 243 Å². The molecule has 2 aliphatic heterocycles. The van der Waals surface area contributed by atoms with Crippen LogP contribution in [0.1, 0.15) is 26.3 Å². The van der Waals surface area contributed by atoms with Crippen molar-refractivity contribution in [1.29, 1.82) is 0 Å². The molecule has 12 rings (SSSR count). The van der Waals surface area contributed by atoms with Crippen LogP contribution >= 0.6 is 15.9 Å². The molecule has 0 saturated heterocycles. The largest absolute Gasteiger partial charge is 0.310 e. The van der Waals surface area contributed by atoms with Crippen LogP contribution in [0.2, 0.25) is 0 Å². The number of para-hydroxylation sites is 2. The summed E-state index contributed by atoms with van der Waals surface area (Å²) >= 11 is 4.02. The lowest BCUT2D eigenvalue weighted by Crippen LogP contribution is -2.61. The van der Waals surface area contributed by atoms with E-state index in [2.05, 4.69) is 283 Å². The molecule has 10 aromatic carbocycles. The van der Waals surface area contributed by atoms with Crippen molar-refractivity contribution in [2.24, 2.45) is 0 Å². The van der Waals surface area contributed by atoms with Crippen LogP contribution in [-0.4, -0.2) is 6.71 Å². The lowest BCUT2D eigenvalue weighted by molar-refractivity contribution is 0.590. The molecular formula is C64H48BBrN2. The first-order valence-corrected chi connectivity index (χ1v) is 24.4. The second-order valence-corrected chi connectivity index (χ2v) is 19.9. The Balaban J connectivity index is 1.26. The number of hydrogen-bond donors (Lipinski definition) is 0. The van der Waals surface area contributed by atoms with Crippen LogP contribution in [0.4, 0.5) is 34.1 Å². The van der Waals surface area contributed by atoms with Gasteiger partial charge in [0.1, 0.15) is 0 Å². The number of fused-ring (bicyclic) bond motifs is 4. The highest BCUT2D eigenvalue weighted by Gasteiger charge is 2.46. The first-order chi connectivity index (χ1) is 33.3. The van der Waals surface area contributed by atoms with Gasteiger partial charge in [0.05, 0.1) is 11.4 Å². The molecule has 0 saturated carbocycles. The summed E-state index contributed by atoms with van der Waals surface area (Å²) in [4.78, 5) is 5.24. The molecule has 0 unspecified atom stereocenters. The van der Waals surface area contributed by atoms with Crippen LogP contribution in [-0.2, 0) is 5.41 Å². The van der Waals surface area contributed by atoms with E-state index in [4.69, 9.17) is 0 Å². The third-order valence-electron chi connectivity index (χ3n) is 13.9. The van der Waals surface area contributed by atoms with Gasteiger partial charge in [-0.2, -0.15) is 0 Å². The lowest BCUT2D eigenvalue weighted by atomic mass is 9.33. The highest BCUT2D eigenvalue weighted by atomic mass is 79.9. The minimum absolute atomic E-state index is 0.0965. The molecule has 0 bridgehead atoms. The highest BCUT2D eigenvalue weighted by Crippen LogP contribution is 2.53. The van der Waals surface area contributed by atoms with Crippen LogP contribution in [0.5, 0.6) is 0 Å². The Morgan fingerprint density at radius 1 is 0.338 bits per heavy atom. The molecule has 0 atom stereocenters. The van der Waals surface area contributed by atoms with Crippen LogP contribution in [0.15, 0.2) is 241 Å². The first-order valence-electron chi connectivity index (χ1n) is 23.6. The fourth-order valence-electron chi connectivity index (χ4n) is 10.7. The standard InChI is InChI=1S/C64H48BBrN2/c1-64(2,3)49-40-59-61-60(41-49)68(63-53(46-27-15-7-16-28-46)33-20-34-54(63)47-29-17-8-18-30-47)58-38-36-50(66)42-56(58)65(61)55-39-48(43-21-9-4-10-22-43)35-37-57(55)67(59)62-51(44-23-11-5-12-24-44)31-19-32-52(62)45-25-13-6-14-26-45/h4-42H,1-3H3. The molecule has 4 heteroatoms. The third kappa shape index (κ3) is 7.10. The van der Waals surface area contributed by atoms with Gasteiger partial charge in [-0.15, -0.1) is 0 Å². The average Bonchev–Trinajstić information content (AvgIpc) is 3.39. The molecular weight excluding hydrogens is 887 g/mol. The Labute approximate surface area is 409 Å². The molecule has 0 fully saturated rings. The molecule has 2 aliphatic rings. The van der Waals surface area contributed by atoms with Crippen molar-refractivity contribution in [2.75, 3.05) is 9.80 Å².